The predicted molar refractivity (Wildman–Crippen MR) is 70.1 cm³/mol. The van der Waals surface area contributed by atoms with Crippen molar-refractivity contribution in [3.63, 3.8) is 0 Å². The fourth-order valence-corrected chi connectivity index (χ4v) is 5.42. The van der Waals surface area contributed by atoms with Gasteiger partial charge in [-0.05, 0) is 25.5 Å². The van der Waals surface area contributed by atoms with Crippen LogP contribution in [0.3, 0.4) is 0 Å². The van der Waals surface area contributed by atoms with Gasteiger partial charge in [0.05, 0.1) is 14.6 Å². The van der Waals surface area contributed by atoms with Crippen molar-refractivity contribution in [2.24, 2.45) is 3.77 Å². The molecule has 0 fully saturated rings. The van der Waals surface area contributed by atoms with Crippen molar-refractivity contribution in [1.82, 2.24) is 0 Å². The van der Waals surface area contributed by atoms with Crippen LogP contribution in [0.4, 0.5) is 0 Å². The normalized spacial score (nSPS) is 15.3. The second-order valence-corrected chi connectivity index (χ2v) is 8.57. The van der Waals surface area contributed by atoms with E-state index in [9.17, 15) is 12.6 Å². The van der Waals surface area contributed by atoms with Crippen molar-refractivity contribution in [3.05, 3.63) is 29.3 Å². The molecule has 1 rings (SSSR count). The standard InChI is InChI=1S/C10H14ClNO3S2/c1-4-16(13,12-17(11,14)15)10-6-5-8(2)7-9(10)3/h5-7H,4H2,1-3H3/t16-/m0/s1. The van der Waals surface area contributed by atoms with Gasteiger partial charge in [-0.25, -0.2) is 4.21 Å². The number of hydrogen-bond donors (Lipinski definition) is 0. The number of hydrogen-bond acceptors (Lipinski definition) is 3. The molecule has 0 bridgehead atoms. The van der Waals surface area contributed by atoms with Crippen molar-refractivity contribution < 1.29 is 12.6 Å². The monoisotopic (exact) mass is 295 g/mol. The van der Waals surface area contributed by atoms with E-state index in [0.717, 1.165) is 11.1 Å². The zero-order chi connectivity index (χ0) is 13.3. The van der Waals surface area contributed by atoms with Gasteiger partial charge in [0, 0.05) is 16.4 Å². The third kappa shape index (κ3) is 3.69. The average molecular weight is 296 g/mol. The molecule has 0 N–H and O–H groups in total. The summed E-state index contributed by atoms with van der Waals surface area (Å²) < 4.78 is 37.7. The number of halogens is 1. The predicted octanol–water partition coefficient (Wildman–Crippen LogP) is 2.63. The van der Waals surface area contributed by atoms with Crippen LogP contribution in [-0.4, -0.2) is 18.4 Å². The molecule has 1 aromatic carbocycles. The van der Waals surface area contributed by atoms with E-state index in [4.69, 9.17) is 10.7 Å². The summed E-state index contributed by atoms with van der Waals surface area (Å²) in [6.07, 6.45) is 0. The quantitative estimate of drug-likeness (QED) is 0.805. The number of rotatable bonds is 3. The van der Waals surface area contributed by atoms with Gasteiger partial charge < -0.3 is 0 Å². The second-order valence-electron chi connectivity index (χ2n) is 3.68. The highest BCUT2D eigenvalue weighted by Crippen LogP contribution is 2.22. The van der Waals surface area contributed by atoms with E-state index in [1.54, 1.807) is 26.0 Å². The Morgan fingerprint density at radius 3 is 2.24 bits per heavy atom. The van der Waals surface area contributed by atoms with Crippen LogP contribution in [0.1, 0.15) is 18.1 Å². The van der Waals surface area contributed by atoms with Gasteiger partial charge >= 0.3 is 9.24 Å². The number of aryl methyl sites for hydroxylation is 2. The van der Waals surface area contributed by atoms with Crippen molar-refractivity contribution in [3.8, 4) is 0 Å². The van der Waals surface area contributed by atoms with Gasteiger partial charge in [0.2, 0.25) is 0 Å². The van der Waals surface area contributed by atoms with Crippen LogP contribution >= 0.6 is 10.7 Å². The molecule has 1 atom stereocenters. The molecule has 1 aromatic rings. The Morgan fingerprint density at radius 1 is 1.24 bits per heavy atom. The minimum Gasteiger partial charge on any atom is -0.244 e. The SMILES string of the molecule is CC[S@@](=O)(=NS(=O)(=O)Cl)c1ccc(C)cc1C. The molecule has 0 saturated heterocycles. The van der Waals surface area contributed by atoms with Crippen molar-refractivity contribution >= 4 is 29.6 Å². The molecule has 0 aliphatic rings. The molecule has 7 heteroatoms. The van der Waals surface area contributed by atoms with Crippen LogP contribution in [0.5, 0.6) is 0 Å². The third-order valence-corrected chi connectivity index (χ3v) is 6.39. The largest absolute Gasteiger partial charge is 0.347 e. The summed E-state index contributed by atoms with van der Waals surface area (Å²) in [4.78, 5) is 0.426. The lowest BCUT2D eigenvalue weighted by Gasteiger charge is -2.10. The van der Waals surface area contributed by atoms with Crippen LogP contribution < -0.4 is 0 Å². The number of nitrogens with zero attached hydrogens (tertiary/aromatic N) is 1. The zero-order valence-corrected chi connectivity index (χ0v) is 12.2. The maximum Gasteiger partial charge on any atom is 0.347 e. The van der Waals surface area contributed by atoms with Crippen LogP contribution in [0, 0.1) is 13.8 Å². The molecule has 0 radical (unpaired) electrons. The van der Waals surface area contributed by atoms with Gasteiger partial charge in [-0.1, -0.05) is 28.4 Å². The Hall–Kier alpha value is -0.590. The molecular formula is C10H14ClNO3S2. The Balaban J connectivity index is 3.58. The molecule has 0 spiro atoms. The first-order valence-electron chi connectivity index (χ1n) is 4.96. The van der Waals surface area contributed by atoms with E-state index in [2.05, 4.69) is 3.77 Å². The van der Waals surface area contributed by atoms with Crippen molar-refractivity contribution in [1.29, 1.82) is 0 Å². The summed E-state index contributed by atoms with van der Waals surface area (Å²) in [5, 5.41) is 0. The molecule has 0 saturated carbocycles. The lowest BCUT2D eigenvalue weighted by atomic mass is 10.2. The first kappa shape index (κ1) is 14.5. The summed E-state index contributed by atoms with van der Waals surface area (Å²) in [5.41, 5.74) is 1.76. The molecule has 0 amide bonds. The molecular weight excluding hydrogens is 282 g/mol. The van der Waals surface area contributed by atoms with E-state index < -0.39 is 19.0 Å². The van der Waals surface area contributed by atoms with Crippen molar-refractivity contribution in [2.75, 3.05) is 5.75 Å². The molecule has 4 nitrogen and oxygen atoms in total. The number of benzene rings is 1. The van der Waals surface area contributed by atoms with Crippen LogP contribution in [0.15, 0.2) is 26.9 Å². The molecule has 17 heavy (non-hydrogen) atoms. The second kappa shape index (κ2) is 4.96. The molecule has 0 aromatic heterocycles. The minimum atomic E-state index is -4.15. The first-order chi connectivity index (χ1) is 7.68. The van der Waals surface area contributed by atoms with E-state index in [-0.39, 0.29) is 5.75 Å². The Bertz CT molecular complexity index is 644. The van der Waals surface area contributed by atoms with E-state index in [0.29, 0.717) is 4.90 Å². The lowest BCUT2D eigenvalue weighted by Crippen LogP contribution is -2.08. The lowest BCUT2D eigenvalue weighted by molar-refractivity contribution is 0.611. The Labute approximate surface area is 107 Å². The highest BCUT2D eigenvalue weighted by atomic mass is 35.7. The van der Waals surface area contributed by atoms with Crippen LogP contribution in [-0.2, 0) is 19.0 Å². The summed E-state index contributed by atoms with van der Waals surface area (Å²) in [7, 11) is -2.10. The summed E-state index contributed by atoms with van der Waals surface area (Å²) in [6, 6.07) is 5.25. The molecule has 0 heterocycles. The molecule has 0 aliphatic carbocycles. The van der Waals surface area contributed by atoms with Gasteiger partial charge in [-0.2, -0.15) is 8.42 Å². The topological polar surface area (TPSA) is 63.6 Å². The third-order valence-electron chi connectivity index (χ3n) is 2.27. The fraction of sp³-hybridized carbons (Fsp3) is 0.400. The fourth-order valence-electron chi connectivity index (χ4n) is 1.55. The summed E-state index contributed by atoms with van der Waals surface area (Å²) in [6.45, 7) is 5.29. The first-order valence-corrected chi connectivity index (χ1v) is 8.91. The maximum absolute atomic E-state index is 12.5. The van der Waals surface area contributed by atoms with E-state index >= 15 is 0 Å². The minimum absolute atomic E-state index is 0.100. The van der Waals surface area contributed by atoms with Crippen LogP contribution in [0.25, 0.3) is 0 Å². The molecule has 0 aliphatic heterocycles. The Morgan fingerprint density at radius 2 is 1.82 bits per heavy atom. The highest BCUT2D eigenvalue weighted by Gasteiger charge is 2.17. The van der Waals surface area contributed by atoms with E-state index in [1.807, 2.05) is 13.0 Å². The molecule has 0 unspecified atom stereocenters. The van der Waals surface area contributed by atoms with Crippen molar-refractivity contribution in [2.45, 2.75) is 25.7 Å². The van der Waals surface area contributed by atoms with Gasteiger partial charge in [0.15, 0.2) is 0 Å². The summed E-state index contributed by atoms with van der Waals surface area (Å²) in [5.74, 6) is 0.100. The maximum atomic E-state index is 12.5. The van der Waals surface area contributed by atoms with E-state index in [1.165, 1.54) is 0 Å². The molecule has 96 valence electrons. The smallest absolute Gasteiger partial charge is 0.244 e. The van der Waals surface area contributed by atoms with Crippen LogP contribution in [0.2, 0.25) is 0 Å². The Kier molecular flexibility index (Phi) is 4.22. The van der Waals surface area contributed by atoms with Gasteiger partial charge in [0.25, 0.3) is 0 Å². The average Bonchev–Trinajstić information content (AvgIpc) is 2.14. The summed E-state index contributed by atoms with van der Waals surface area (Å²) >= 11 is 0. The van der Waals surface area contributed by atoms with Gasteiger partial charge in [-0.15, -0.1) is 0 Å². The van der Waals surface area contributed by atoms with Gasteiger partial charge in [0.1, 0.15) is 0 Å². The highest BCUT2D eigenvalue weighted by molar-refractivity contribution is 8.17. The zero-order valence-electron chi connectivity index (χ0n) is 9.81. The van der Waals surface area contributed by atoms with Gasteiger partial charge in [-0.3, -0.25) is 0 Å².